The molecule has 1 aliphatic heterocycles. The van der Waals surface area contributed by atoms with E-state index in [1.54, 1.807) is 13.2 Å². The van der Waals surface area contributed by atoms with E-state index < -0.39 is 0 Å². The van der Waals surface area contributed by atoms with Crippen LogP contribution in [0.1, 0.15) is 11.9 Å². The summed E-state index contributed by atoms with van der Waals surface area (Å²) in [6, 6.07) is 14.7. The fourth-order valence-corrected chi connectivity index (χ4v) is 3.63. The maximum atomic E-state index is 12.3. The third-order valence-electron chi connectivity index (χ3n) is 4.35. The van der Waals surface area contributed by atoms with Crippen LogP contribution in [0.2, 0.25) is 0 Å². The fraction of sp³-hybridized carbons (Fsp3) is 0.250. The van der Waals surface area contributed by atoms with E-state index in [1.807, 2.05) is 54.1 Å². The molecule has 1 aromatic heterocycles. The van der Waals surface area contributed by atoms with Crippen LogP contribution in [0.3, 0.4) is 0 Å². The van der Waals surface area contributed by atoms with Crippen molar-refractivity contribution in [1.82, 2.24) is 14.8 Å². The number of nitrogens with zero attached hydrogens (tertiary/aromatic N) is 3. The Labute approximate surface area is 172 Å². The molecule has 4 rings (SSSR count). The van der Waals surface area contributed by atoms with E-state index >= 15 is 0 Å². The van der Waals surface area contributed by atoms with Crippen LogP contribution < -0.4 is 19.5 Å². The molecule has 0 saturated carbocycles. The molecule has 2 heterocycles. The summed E-state index contributed by atoms with van der Waals surface area (Å²) in [5, 5.41) is 11.9. The van der Waals surface area contributed by atoms with Gasteiger partial charge in [-0.3, -0.25) is 4.79 Å². The van der Waals surface area contributed by atoms with E-state index in [2.05, 4.69) is 15.5 Å². The first-order chi connectivity index (χ1) is 14.1. The van der Waals surface area contributed by atoms with Crippen LogP contribution in [0.25, 0.3) is 0 Å². The van der Waals surface area contributed by atoms with Gasteiger partial charge in [-0.2, -0.15) is 0 Å². The molecular formula is C20H20N4O4S. The maximum absolute atomic E-state index is 12.3. The molecule has 0 unspecified atom stereocenters. The molecule has 0 bridgehead atoms. The lowest BCUT2D eigenvalue weighted by atomic mass is 10.2. The Bertz CT molecular complexity index is 1020. The second-order valence-electron chi connectivity index (χ2n) is 6.33. The van der Waals surface area contributed by atoms with Crippen LogP contribution in [-0.4, -0.2) is 40.1 Å². The number of aromatic nitrogens is 3. The third kappa shape index (κ3) is 4.29. The molecule has 9 heteroatoms. The van der Waals surface area contributed by atoms with Gasteiger partial charge >= 0.3 is 0 Å². The molecule has 29 heavy (non-hydrogen) atoms. The predicted molar refractivity (Wildman–Crippen MR) is 109 cm³/mol. The molecule has 0 saturated heterocycles. The van der Waals surface area contributed by atoms with Gasteiger partial charge in [0.15, 0.2) is 28.6 Å². The van der Waals surface area contributed by atoms with Gasteiger partial charge < -0.3 is 24.1 Å². The number of benzene rings is 2. The van der Waals surface area contributed by atoms with Crippen LogP contribution in [-0.2, 0) is 11.8 Å². The number of hydrogen-bond donors (Lipinski definition) is 1. The molecule has 1 N–H and O–H groups in total. The van der Waals surface area contributed by atoms with Crippen molar-refractivity contribution in [2.75, 3.05) is 24.8 Å². The van der Waals surface area contributed by atoms with Crippen molar-refractivity contribution in [3.8, 4) is 17.2 Å². The Balaban J connectivity index is 1.37. The molecule has 0 fully saturated rings. The number of fused-ring (bicyclic) bond motifs is 1. The van der Waals surface area contributed by atoms with E-state index in [-0.39, 0.29) is 17.8 Å². The van der Waals surface area contributed by atoms with Gasteiger partial charge in [0.25, 0.3) is 0 Å². The third-order valence-corrected chi connectivity index (χ3v) is 5.37. The van der Waals surface area contributed by atoms with Crippen molar-refractivity contribution in [1.29, 1.82) is 0 Å². The zero-order chi connectivity index (χ0) is 20.2. The number of anilines is 1. The number of para-hydroxylation sites is 2. The van der Waals surface area contributed by atoms with E-state index in [1.165, 1.54) is 11.8 Å². The number of carbonyl (C=O) groups excluding carboxylic acids is 1. The van der Waals surface area contributed by atoms with Crippen LogP contribution >= 0.6 is 11.8 Å². The largest absolute Gasteiger partial charge is 0.497 e. The summed E-state index contributed by atoms with van der Waals surface area (Å²) < 4.78 is 18.7. The Hall–Kier alpha value is -3.20. The number of amides is 1. The summed E-state index contributed by atoms with van der Waals surface area (Å²) in [5.74, 6) is 2.79. The lowest BCUT2D eigenvalue weighted by Gasteiger charge is -2.25. The monoisotopic (exact) mass is 412 g/mol. The Morgan fingerprint density at radius 1 is 1.24 bits per heavy atom. The molecule has 0 spiro atoms. The summed E-state index contributed by atoms with van der Waals surface area (Å²) in [4.78, 5) is 12.3. The van der Waals surface area contributed by atoms with Crippen LogP contribution in [0.15, 0.2) is 53.7 Å². The van der Waals surface area contributed by atoms with Gasteiger partial charge in [0.2, 0.25) is 5.91 Å². The number of ether oxygens (including phenoxy) is 3. The Morgan fingerprint density at radius 3 is 2.90 bits per heavy atom. The second kappa shape index (κ2) is 8.44. The van der Waals surface area contributed by atoms with Gasteiger partial charge in [0, 0.05) is 18.8 Å². The summed E-state index contributed by atoms with van der Waals surface area (Å²) in [6.07, 6.45) is -0.359. The highest BCUT2D eigenvalue weighted by atomic mass is 32.2. The van der Waals surface area contributed by atoms with E-state index in [9.17, 15) is 4.79 Å². The number of nitrogens with one attached hydrogen (secondary N) is 1. The maximum Gasteiger partial charge on any atom is 0.234 e. The summed E-state index contributed by atoms with van der Waals surface area (Å²) in [6.45, 7) is 0.351. The molecule has 150 valence electrons. The first-order valence-electron chi connectivity index (χ1n) is 8.98. The van der Waals surface area contributed by atoms with Crippen LogP contribution in [0, 0.1) is 0 Å². The molecule has 0 radical (unpaired) electrons. The van der Waals surface area contributed by atoms with Gasteiger partial charge in [-0.25, -0.2) is 0 Å². The molecular weight excluding hydrogens is 392 g/mol. The average Bonchev–Trinajstić information content (AvgIpc) is 3.12. The normalized spacial score (nSPS) is 15.0. The SMILES string of the molecule is COc1cccc(NC(=O)CSc2nnc([C@H]3COc4ccccc4O3)n2C)c1. The number of thioether (sulfide) groups is 1. The van der Waals surface area contributed by atoms with E-state index in [4.69, 9.17) is 14.2 Å². The number of carbonyl (C=O) groups is 1. The lowest BCUT2D eigenvalue weighted by molar-refractivity contribution is -0.113. The first-order valence-corrected chi connectivity index (χ1v) is 9.97. The summed E-state index contributed by atoms with van der Waals surface area (Å²) >= 11 is 1.30. The Kier molecular flexibility index (Phi) is 5.57. The molecule has 8 nitrogen and oxygen atoms in total. The molecule has 3 aromatic rings. The van der Waals surface area contributed by atoms with Gasteiger partial charge in [0.1, 0.15) is 12.4 Å². The molecule has 1 amide bonds. The minimum Gasteiger partial charge on any atom is -0.497 e. The van der Waals surface area contributed by atoms with Gasteiger partial charge in [-0.15, -0.1) is 10.2 Å². The van der Waals surface area contributed by atoms with E-state index in [0.29, 0.717) is 34.8 Å². The highest BCUT2D eigenvalue weighted by molar-refractivity contribution is 7.99. The number of methoxy groups -OCH3 is 1. The van der Waals surface area contributed by atoms with Crippen LogP contribution in [0.4, 0.5) is 5.69 Å². The van der Waals surface area contributed by atoms with Gasteiger partial charge in [0.05, 0.1) is 12.9 Å². The Morgan fingerprint density at radius 2 is 2.07 bits per heavy atom. The second-order valence-corrected chi connectivity index (χ2v) is 7.28. The van der Waals surface area contributed by atoms with Crippen molar-refractivity contribution in [2.45, 2.75) is 11.3 Å². The summed E-state index contributed by atoms with van der Waals surface area (Å²) in [7, 11) is 3.43. The first kappa shape index (κ1) is 19.1. The topological polar surface area (TPSA) is 87.5 Å². The van der Waals surface area contributed by atoms with Crippen molar-refractivity contribution in [3.63, 3.8) is 0 Å². The van der Waals surface area contributed by atoms with E-state index in [0.717, 1.165) is 5.75 Å². The van der Waals surface area contributed by atoms with Crippen molar-refractivity contribution >= 4 is 23.4 Å². The molecule has 2 aromatic carbocycles. The van der Waals surface area contributed by atoms with Gasteiger partial charge in [-0.1, -0.05) is 30.0 Å². The van der Waals surface area contributed by atoms with Crippen molar-refractivity contribution in [3.05, 3.63) is 54.4 Å². The quantitative estimate of drug-likeness (QED) is 0.623. The fourth-order valence-electron chi connectivity index (χ4n) is 2.91. The molecule has 1 aliphatic rings. The summed E-state index contributed by atoms with van der Waals surface area (Å²) in [5.41, 5.74) is 0.681. The highest BCUT2D eigenvalue weighted by Crippen LogP contribution is 2.35. The predicted octanol–water partition coefficient (Wildman–Crippen LogP) is 3.07. The average molecular weight is 412 g/mol. The number of rotatable bonds is 6. The standard InChI is InChI=1S/C20H20N4O4S/c1-24-19(17-11-27-15-8-3-4-9-16(15)28-17)22-23-20(24)29-12-18(25)21-13-6-5-7-14(10-13)26-2/h3-10,17H,11-12H2,1-2H3,(H,21,25)/t17-/m1/s1. The highest BCUT2D eigenvalue weighted by Gasteiger charge is 2.27. The zero-order valence-electron chi connectivity index (χ0n) is 16.0. The lowest BCUT2D eigenvalue weighted by Crippen LogP contribution is -2.24. The van der Waals surface area contributed by atoms with Crippen molar-refractivity contribution < 1.29 is 19.0 Å². The van der Waals surface area contributed by atoms with Crippen molar-refractivity contribution in [2.24, 2.45) is 7.05 Å². The zero-order valence-corrected chi connectivity index (χ0v) is 16.8. The minimum absolute atomic E-state index is 0.140. The smallest absolute Gasteiger partial charge is 0.234 e. The molecule has 0 aliphatic carbocycles. The van der Waals surface area contributed by atoms with Gasteiger partial charge in [-0.05, 0) is 24.3 Å². The minimum atomic E-state index is -0.359. The van der Waals surface area contributed by atoms with Crippen LogP contribution in [0.5, 0.6) is 17.2 Å². The molecule has 1 atom stereocenters. The number of hydrogen-bond acceptors (Lipinski definition) is 7.